The first-order valence-electron chi connectivity index (χ1n) is 7.25. The zero-order chi connectivity index (χ0) is 14.3. The molecule has 1 heterocycles. The summed E-state index contributed by atoms with van der Waals surface area (Å²) >= 11 is 0. The number of ether oxygens (including phenoxy) is 1. The quantitative estimate of drug-likeness (QED) is 0.779. The monoisotopic (exact) mass is 270 g/mol. The summed E-state index contributed by atoms with van der Waals surface area (Å²) in [5, 5.41) is 2.61. The molecule has 0 aliphatic carbocycles. The van der Waals surface area contributed by atoms with E-state index in [-0.39, 0.29) is 18.5 Å². The third-order valence-corrected chi connectivity index (χ3v) is 4.30. The van der Waals surface area contributed by atoms with Gasteiger partial charge in [-0.2, -0.15) is 0 Å². The van der Waals surface area contributed by atoms with E-state index in [0.717, 1.165) is 25.9 Å². The lowest BCUT2D eigenvalue weighted by molar-refractivity contribution is -0.141. The van der Waals surface area contributed by atoms with Gasteiger partial charge in [0.1, 0.15) is 6.54 Å². The second kappa shape index (κ2) is 7.36. The number of nitrogens with one attached hydrogen (secondary N) is 1. The topological polar surface area (TPSA) is 58.6 Å². The van der Waals surface area contributed by atoms with Crippen LogP contribution in [0.4, 0.5) is 4.79 Å². The smallest absolute Gasteiger partial charge is 0.325 e. The molecule has 1 N–H and O–H groups in total. The average Bonchev–Trinajstić information content (AvgIpc) is 2.45. The van der Waals surface area contributed by atoms with Crippen molar-refractivity contribution in [3.63, 3.8) is 0 Å². The second-order valence-electron chi connectivity index (χ2n) is 5.16. The Bertz CT molecular complexity index is 304. The number of carbonyl (C=O) groups is 2. The van der Waals surface area contributed by atoms with Crippen LogP contribution in [-0.4, -0.2) is 43.1 Å². The fourth-order valence-electron chi connectivity index (χ4n) is 2.61. The van der Waals surface area contributed by atoms with Crippen molar-refractivity contribution in [3.8, 4) is 0 Å². The lowest BCUT2D eigenvalue weighted by Crippen LogP contribution is -2.48. The molecule has 0 aromatic rings. The van der Waals surface area contributed by atoms with Crippen LogP contribution in [0.3, 0.4) is 0 Å². The summed E-state index contributed by atoms with van der Waals surface area (Å²) in [6.07, 6.45) is 4.43. The molecule has 0 radical (unpaired) electrons. The molecule has 1 aliphatic heterocycles. The number of urea groups is 1. The van der Waals surface area contributed by atoms with Crippen molar-refractivity contribution in [2.75, 3.05) is 26.2 Å². The summed E-state index contributed by atoms with van der Waals surface area (Å²) in [6.45, 7) is 8.04. The van der Waals surface area contributed by atoms with Crippen molar-refractivity contribution in [2.24, 2.45) is 5.41 Å². The van der Waals surface area contributed by atoms with E-state index < -0.39 is 0 Å². The normalized spacial score (nSPS) is 17.9. The maximum absolute atomic E-state index is 11.9. The molecule has 1 saturated heterocycles. The van der Waals surface area contributed by atoms with E-state index >= 15 is 0 Å². The van der Waals surface area contributed by atoms with Gasteiger partial charge in [-0.05, 0) is 25.2 Å². The second-order valence-corrected chi connectivity index (χ2v) is 5.16. The van der Waals surface area contributed by atoms with Crippen molar-refractivity contribution in [1.29, 1.82) is 0 Å². The predicted molar refractivity (Wildman–Crippen MR) is 73.9 cm³/mol. The molecular weight excluding hydrogens is 244 g/mol. The molecule has 2 amide bonds. The van der Waals surface area contributed by atoms with Crippen molar-refractivity contribution in [1.82, 2.24) is 10.2 Å². The molecule has 1 fully saturated rings. The standard InChI is InChI=1S/C14H26N2O3/c1-4-14(5-2)7-9-16(10-8-14)13(18)15-11-12(17)19-6-3/h4-11H2,1-3H3,(H,15,18). The van der Waals surface area contributed by atoms with Crippen LogP contribution in [0.2, 0.25) is 0 Å². The van der Waals surface area contributed by atoms with E-state index in [1.54, 1.807) is 11.8 Å². The summed E-state index contributed by atoms with van der Waals surface area (Å²) in [7, 11) is 0. The maximum Gasteiger partial charge on any atom is 0.325 e. The molecule has 0 saturated carbocycles. The van der Waals surface area contributed by atoms with Crippen LogP contribution in [0, 0.1) is 5.41 Å². The molecule has 110 valence electrons. The van der Waals surface area contributed by atoms with E-state index in [9.17, 15) is 9.59 Å². The van der Waals surface area contributed by atoms with Gasteiger partial charge >= 0.3 is 12.0 Å². The number of rotatable bonds is 5. The zero-order valence-electron chi connectivity index (χ0n) is 12.3. The van der Waals surface area contributed by atoms with E-state index in [0.29, 0.717) is 12.0 Å². The molecule has 0 atom stereocenters. The van der Waals surface area contributed by atoms with Gasteiger partial charge in [0.2, 0.25) is 0 Å². The van der Waals surface area contributed by atoms with Gasteiger partial charge in [-0.1, -0.05) is 26.7 Å². The molecule has 0 aromatic carbocycles. The Hall–Kier alpha value is -1.26. The maximum atomic E-state index is 11.9. The van der Waals surface area contributed by atoms with Crippen molar-refractivity contribution >= 4 is 12.0 Å². The molecule has 1 rings (SSSR count). The Kier molecular flexibility index (Phi) is 6.12. The Labute approximate surface area is 115 Å². The molecule has 0 unspecified atom stereocenters. The Morgan fingerprint density at radius 2 is 1.74 bits per heavy atom. The summed E-state index contributed by atoms with van der Waals surface area (Å²) in [5.41, 5.74) is 0.401. The molecule has 19 heavy (non-hydrogen) atoms. The first-order valence-corrected chi connectivity index (χ1v) is 7.25. The first kappa shape index (κ1) is 15.8. The summed E-state index contributed by atoms with van der Waals surface area (Å²) in [5.74, 6) is -0.385. The van der Waals surface area contributed by atoms with Crippen LogP contribution in [0.15, 0.2) is 0 Å². The minimum absolute atomic E-state index is 0.0458. The predicted octanol–water partition coefficient (Wildman–Crippen LogP) is 2.16. The zero-order valence-corrected chi connectivity index (χ0v) is 12.3. The van der Waals surface area contributed by atoms with Gasteiger partial charge in [-0.3, -0.25) is 4.79 Å². The summed E-state index contributed by atoms with van der Waals surface area (Å²) < 4.78 is 4.78. The number of hydrogen-bond acceptors (Lipinski definition) is 3. The van der Waals surface area contributed by atoms with Crippen LogP contribution in [0.5, 0.6) is 0 Å². The third kappa shape index (κ3) is 4.40. The number of piperidine rings is 1. The van der Waals surface area contributed by atoms with E-state index in [2.05, 4.69) is 19.2 Å². The highest BCUT2D eigenvalue weighted by molar-refractivity contribution is 5.80. The molecular formula is C14H26N2O3. The van der Waals surface area contributed by atoms with Gasteiger partial charge in [-0.25, -0.2) is 4.79 Å². The van der Waals surface area contributed by atoms with Gasteiger partial charge in [0.15, 0.2) is 0 Å². The molecule has 5 heteroatoms. The lowest BCUT2D eigenvalue weighted by atomic mass is 9.74. The fraction of sp³-hybridized carbons (Fsp3) is 0.857. The highest BCUT2D eigenvalue weighted by atomic mass is 16.5. The molecule has 0 spiro atoms. The van der Waals surface area contributed by atoms with Gasteiger partial charge in [0.05, 0.1) is 6.61 Å². The lowest BCUT2D eigenvalue weighted by Gasteiger charge is -2.40. The number of esters is 1. The number of hydrogen-bond donors (Lipinski definition) is 1. The minimum atomic E-state index is -0.385. The Morgan fingerprint density at radius 3 is 2.21 bits per heavy atom. The number of carbonyl (C=O) groups excluding carboxylic acids is 2. The third-order valence-electron chi connectivity index (χ3n) is 4.30. The fourth-order valence-corrected chi connectivity index (χ4v) is 2.61. The summed E-state index contributed by atoms with van der Waals surface area (Å²) in [6, 6.07) is -0.158. The van der Waals surface area contributed by atoms with E-state index in [1.165, 1.54) is 12.8 Å². The first-order chi connectivity index (χ1) is 9.06. The highest BCUT2D eigenvalue weighted by Gasteiger charge is 2.32. The SMILES string of the molecule is CCOC(=O)CNC(=O)N1CCC(CC)(CC)CC1. The van der Waals surface area contributed by atoms with Crippen molar-refractivity contribution in [2.45, 2.75) is 46.5 Å². The largest absolute Gasteiger partial charge is 0.465 e. The van der Waals surface area contributed by atoms with Crippen molar-refractivity contribution < 1.29 is 14.3 Å². The minimum Gasteiger partial charge on any atom is -0.465 e. The Balaban J connectivity index is 2.34. The van der Waals surface area contributed by atoms with Crippen LogP contribution in [0.25, 0.3) is 0 Å². The number of nitrogens with zero attached hydrogens (tertiary/aromatic N) is 1. The van der Waals surface area contributed by atoms with Crippen LogP contribution < -0.4 is 5.32 Å². The Morgan fingerprint density at radius 1 is 1.16 bits per heavy atom. The molecule has 0 aromatic heterocycles. The van der Waals surface area contributed by atoms with Crippen LogP contribution >= 0.6 is 0 Å². The number of likely N-dealkylation sites (tertiary alicyclic amines) is 1. The van der Waals surface area contributed by atoms with Gasteiger partial charge < -0.3 is 15.0 Å². The van der Waals surface area contributed by atoms with Crippen LogP contribution in [-0.2, 0) is 9.53 Å². The van der Waals surface area contributed by atoms with E-state index in [1.807, 2.05) is 0 Å². The molecule has 0 bridgehead atoms. The van der Waals surface area contributed by atoms with Crippen LogP contribution in [0.1, 0.15) is 46.5 Å². The van der Waals surface area contributed by atoms with E-state index in [4.69, 9.17) is 4.74 Å². The van der Waals surface area contributed by atoms with Gasteiger partial charge in [0.25, 0.3) is 0 Å². The highest BCUT2D eigenvalue weighted by Crippen LogP contribution is 2.37. The van der Waals surface area contributed by atoms with Gasteiger partial charge in [0, 0.05) is 13.1 Å². The number of amides is 2. The van der Waals surface area contributed by atoms with Crippen molar-refractivity contribution in [3.05, 3.63) is 0 Å². The average molecular weight is 270 g/mol. The van der Waals surface area contributed by atoms with Gasteiger partial charge in [-0.15, -0.1) is 0 Å². The molecule has 5 nitrogen and oxygen atoms in total. The molecule has 1 aliphatic rings. The summed E-state index contributed by atoms with van der Waals surface area (Å²) in [4.78, 5) is 24.9.